The fourth-order valence-electron chi connectivity index (χ4n) is 1.95. The van der Waals surface area contributed by atoms with Gasteiger partial charge in [0.1, 0.15) is 5.78 Å². The number of carbonyl (C=O) groups excluding carboxylic acids is 1. The minimum absolute atomic E-state index is 0.132. The van der Waals surface area contributed by atoms with Crippen molar-refractivity contribution < 1.29 is 4.79 Å². The molecule has 0 aliphatic heterocycles. The van der Waals surface area contributed by atoms with Gasteiger partial charge in [-0.3, -0.25) is 4.79 Å². The van der Waals surface area contributed by atoms with E-state index >= 15 is 0 Å². The monoisotopic (exact) mass is 292 g/mol. The fraction of sp³-hybridized carbons (Fsp3) is 0.188. The molecule has 0 bridgehead atoms. The maximum Gasteiger partial charge on any atom is 0.141 e. The molecule has 0 atom stereocenters. The zero-order valence-electron chi connectivity index (χ0n) is 10.6. The van der Waals surface area contributed by atoms with Gasteiger partial charge in [-0.15, -0.1) is 0 Å². The zero-order valence-corrected chi connectivity index (χ0v) is 12.1. The summed E-state index contributed by atoms with van der Waals surface area (Å²) in [6.45, 7) is 1.98. The van der Waals surface area contributed by atoms with Crippen LogP contribution in [-0.2, 0) is 17.6 Å². The highest BCUT2D eigenvalue weighted by atomic mass is 35.5. The van der Waals surface area contributed by atoms with Crippen LogP contribution < -0.4 is 0 Å². The van der Waals surface area contributed by atoms with Crippen molar-refractivity contribution in [1.82, 2.24) is 0 Å². The number of halogens is 2. The topological polar surface area (TPSA) is 17.1 Å². The van der Waals surface area contributed by atoms with Gasteiger partial charge in [0.05, 0.1) is 0 Å². The number of Topliss-reactive ketones (excluding diaryl/α,β-unsaturated/α-hetero) is 1. The van der Waals surface area contributed by atoms with E-state index in [0.29, 0.717) is 22.9 Å². The lowest BCUT2D eigenvalue weighted by molar-refractivity contribution is -0.117. The van der Waals surface area contributed by atoms with Crippen LogP contribution in [0.4, 0.5) is 0 Å². The molecule has 0 saturated heterocycles. The second-order valence-electron chi connectivity index (χ2n) is 4.62. The first kappa shape index (κ1) is 14.1. The summed E-state index contributed by atoms with van der Waals surface area (Å²) in [5.41, 5.74) is 2.90. The summed E-state index contributed by atoms with van der Waals surface area (Å²) in [6, 6.07) is 13.1. The molecule has 0 aromatic heterocycles. The molecule has 3 heteroatoms. The van der Waals surface area contributed by atoms with Crippen LogP contribution >= 0.6 is 23.2 Å². The Balaban J connectivity index is 2.05. The average Bonchev–Trinajstić information content (AvgIpc) is 2.33. The van der Waals surface area contributed by atoms with Crippen molar-refractivity contribution in [1.29, 1.82) is 0 Å². The molecule has 2 aromatic carbocycles. The Morgan fingerprint density at radius 3 is 2.53 bits per heavy atom. The molecule has 2 aromatic rings. The highest BCUT2D eigenvalue weighted by Crippen LogP contribution is 2.19. The summed E-state index contributed by atoms with van der Waals surface area (Å²) >= 11 is 12.0. The van der Waals surface area contributed by atoms with Crippen LogP contribution in [0.3, 0.4) is 0 Å². The van der Waals surface area contributed by atoms with Gasteiger partial charge in [0, 0.05) is 22.9 Å². The Kier molecular flexibility index (Phi) is 4.62. The van der Waals surface area contributed by atoms with Gasteiger partial charge in [-0.25, -0.2) is 0 Å². The molecule has 98 valence electrons. The lowest BCUT2D eigenvalue weighted by Gasteiger charge is -2.05. The van der Waals surface area contributed by atoms with Crippen molar-refractivity contribution in [3.8, 4) is 0 Å². The van der Waals surface area contributed by atoms with Crippen LogP contribution in [0.5, 0.6) is 0 Å². The lowest BCUT2D eigenvalue weighted by atomic mass is 10.0. The molecule has 2 rings (SSSR count). The summed E-state index contributed by atoms with van der Waals surface area (Å²) in [5.74, 6) is 0.132. The lowest BCUT2D eigenvalue weighted by Crippen LogP contribution is -2.07. The first-order chi connectivity index (χ1) is 9.04. The molecular formula is C16H14Cl2O. The SMILES string of the molecule is Cc1ccc(CC(=O)Cc2cccc(Cl)c2)c(Cl)c1. The fourth-order valence-corrected chi connectivity index (χ4v) is 2.46. The highest BCUT2D eigenvalue weighted by Gasteiger charge is 2.08. The van der Waals surface area contributed by atoms with E-state index in [1.165, 1.54) is 0 Å². The van der Waals surface area contributed by atoms with Gasteiger partial charge in [-0.2, -0.15) is 0 Å². The van der Waals surface area contributed by atoms with Gasteiger partial charge in [0.15, 0.2) is 0 Å². The molecule has 0 aliphatic carbocycles. The van der Waals surface area contributed by atoms with Crippen molar-refractivity contribution in [3.05, 3.63) is 69.2 Å². The van der Waals surface area contributed by atoms with Crippen molar-refractivity contribution in [2.24, 2.45) is 0 Å². The highest BCUT2D eigenvalue weighted by molar-refractivity contribution is 6.31. The minimum atomic E-state index is 0.132. The van der Waals surface area contributed by atoms with Gasteiger partial charge in [0.25, 0.3) is 0 Å². The molecule has 0 radical (unpaired) electrons. The maximum atomic E-state index is 12.0. The van der Waals surface area contributed by atoms with Crippen LogP contribution in [0, 0.1) is 6.92 Å². The number of ketones is 1. The molecule has 0 fully saturated rings. The second-order valence-corrected chi connectivity index (χ2v) is 5.46. The number of hydrogen-bond donors (Lipinski definition) is 0. The van der Waals surface area contributed by atoms with Crippen molar-refractivity contribution in [3.63, 3.8) is 0 Å². The van der Waals surface area contributed by atoms with E-state index in [1.54, 1.807) is 6.07 Å². The van der Waals surface area contributed by atoms with Crippen LogP contribution in [-0.4, -0.2) is 5.78 Å². The maximum absolute atomic E-state index is 12.0. The third-order valence-corrected chi connectivity index (χ3v) is 3.47. The van der Waals surface area contributed by atoms with E-state index in [0.717, 1.165) is 16.7 Å². The summed E-state index contributed by atoms with van der Waals surface area (Å²) < 4.78 is 0. The molecule has 0 unspecified atom stereocenters. The molecule has 0 N–H and O–H groups in total. The smallest absolute Gasteiger partial charge is 0.141 e. The standard InChI is InChI=1S/C16H14Cl2O/c1-11-5-6-13(16(18)7-11)10-15(19)9-12-3-2-4-14(17)8-12/h2-8H,9-10H2,1H3. The van der Waals surface area contributed by atoms with Crippen molar-refractivity contribution >= 4 is 29.0 Å². The predicted molar refractivity (Wildman–Crippen MR) is 80.1 cm³/mol. The quantitative estimate of drug-likeness (QED) is 0.801. The van der Waals surface area contributed by atoms with Gasteiger partial charge in [0.2, 0.25) is 0 Å². The van der Waals surface area contributed by atoms with E-state index < -0.39 is 0 Å². The number of aryl methyl sites for hydroxylation is 1. The second kappa shape index (κ2) is 6.23. The molecule has 19 heavy (non-hydrogen) atoms. The average molecular weight is 293 g/mol. The predicted octanol–water partition coefficient (Wildman–Crippen LogP) is 4.66. The summed E-state index contributed by atoms with van der Waals surface area (Å²) in [6.07, 6.45) is 0.733. The molecule has 0 saturated carbocycles. The van der Waals surface area contributed by atoms with Gasteiger partial charge < -0.3 is 0 Å². The molecule has 0 aliphatic rings. The van der Waals surface area contributed by atoms with Crippen LogP contribution in [0.2, 0.25) is 10.0 Å². The Bertz CT molecular complexity index is 605. The molecule has 0 heterocycles. The Morgan fingerprint density at radius 1 is 1.05 bits per heavy atom. The van der Waals surface area contributed by atoms with Gasteiger partial charge >= 0.3 is 0 Å². The molecule has 0 spiro atoms. The Labute approximate surface area is 123 Å². The minimum Gasteiger partial charge on any atom is -0.299 e. The molecular weight excluding hydrogens is 279 g/mol. The zero-order chi connectivity index (χ0) is 13.8. The van der Waals surface area contributed by atoms with Crippen LogP contribution in [0.25, 0.3) is 0 Å². The molecule has 1 nitrogen and oxygen atoms in total. The Morgan fingerprint density at radius 2 is 1.84 bits per heavy atom. The number of rotatable bonds is 4. The summed E-state index contributed by atoms with van der Waals surface area (Å²) in [7, 11) is 0. The number of hydrogen-bond acceptors (Lipinski definition) is 1. The summed E-state index contributed by atoms with van der Waals surface area (Å²) in [5, 5.41) is 1.30. The normalized spacial score (nSPS) is 10.5. The van der Waals surface area contributed by atoms with Crippen LogP contribution in [0.1, 0.15) is 16.7 Å². The van der Waals surface area contributed by atoms with E-state index in [9.17, 15) is 4.79 Å². The van der Waals surface area contributed by atoms with Crippen LogP contribution in [0.15, 0.2) is 42.5 Å². The Hall–Kier alpha value is -1.31. The third kappa shape index (κ3) is 4.09. The van der Waals surface area contributed by atoms with E-state index in [1.807, 2.05) is 43.3 Å². The molecule has 0 amide bonds. The first-order valence-corrected chi connectivity index (χ1v) is 6.81. The number of carbonyl (C=O) groups is 1. The van der Waals surface area contributed by atoms with E-state index in [2.05, 4.69) is 0 Å². The van der Waals surface area contributed by atoms with Gasteiger partial charge in [-0.05, 0) is 41.8 Å². The first-order valence-electron chi connectivity index (χ1n) is 6.06. The van der Waals surface area contributed by atoms with Gasteiger partial charge in [-0.1, -0.05) is 47.5 Å². The van der Waals surface area contributed by atoms with Crippen molar-refractivity contribution in [2.45, 2.75) is 19.8 Å². The largest absolute Gasteiger partial charge is 0.299 e. The summed E-state index contributed by atoms with van der Waals surface area (Å²) in [4.78, 5) is 12.0. The van der Waals surface area contributed by atoms with Crippen molar-refractivity contribution in [2.75, 3.05) is 0 Å². The van der Waals surface area contributed by atoms with E-state index in [4.69, 9.17) is 23.2 Å². The number of benzene rings is 2. The van der Waals surface area contributed by atoms with E-state index in [-0.39, 0.29) is 5.78 Å². The third-order valence-electron chi connectivity index (χ3n) is 2.89.